The molecule has 2 unspecified atom stereocenters. The van der Waals surface area contributed by atoms with Crippen molar-refractivity contribution in [3.63, 3.8) is 0 Å². The van der Waals surface area contributed by atoms with E-state index in [0.29, 0.717) is 40.8 Å². The zero-order chi connectivity index (χ0) is 30.4. The molecule has 2 bridgehead atoms. The number of halogens is 3. The summed E-state index contributed by atoms with van der Waals surface area (Å²) in [6, 6.07) is 14.4. The number of imidazole rings is 1. The third kappa shape index (κ3) is 4.24. The Bertz CT molecular complexity index is 1970. The van der Waals surface area contributed by atoms with Crippen molar-refractivity contribution >= 4 is 39.4 Å². The first-order chi connectivity index (χ1) is 21.2. The molecule has 2 N–H and O–H groups in total. The van der Waals surface area contributed by atoms with Crippen LogP contribution in [0.25, 0.3) is 44.6 Å². The summed E-state index contributed by atoms with van der Waals surface area (Å²) in [4.78, 5) is 20.7. The minimum atomic E-state index is -1.05. The Morgan fingerprint density at radius 1 is 1.07 bits per heavy atom. The fourth-order valence-corrected chi connectivity index (χ4v) is 7.57. The minimum absolute atomic E-state index is 0.0345. The SMILES string of the molecule is COc1cc(C(=O)N2CC3CCC2[C@@H]3N)cc2nc(-c3cc4ccc(-c5cc(F)c(F)c(Cl)c5)cc4n3CC3CC3)n(C)c12. The molecule has 5 aromatic rings. The number of hydrogen-bond acceptors (Lipinski definition) is 4. The Hall–Kier alpha value is -3.95. The number of methoxy groups -OCH3 is 1. The third-order valence-electron chi connectivity index (χ3n) is 9.90. The summed E-state index contributed by atoms with van der Waals surface area (Å²) < 4.78 is 38.2. The molecule has 3 aromatic carbocycles. The summed E-state index contributed by atoms with van der Waals surface area (Å²) in [5, 5.41) is 0.758. The van der Waals surface area contributed by atoms with E-state index in [1.165, 1.54) is 12.1 Å². The molecule has 44 heavy (non-hydrogen) atoms. The predicted molar refractivity (Wildman–Crippen MR) is 167 cm³/mol. The van der Waals surface area contributed by atoms with Crippen molar-refractivity contribution in [2.75, 3.05) is 13.7 Å². The molecule has 2 saturated carbocycles. The van der Waals surface area contributed by atoms with Gasteiger partial charge in [-0.15, -0.1) is 0 Å². The second-order valence-electron chi connectivity index (χ2n) is 12.6. The fraction of sp³-hybridized carbons (Fsp3) is 0.353. The largest absolute Gasteiger partial charge is 0.494 e. The number of nitrogens with zero attached hydrogens (tertiary/aromatic N) is 4. The van der Waals surface area contributed by atoms with Crippen molar-refractivity contribution < 1.29 is 18.3 Å². The van der Waals surface area contributed by atoms with Crippen molar-refractivity contribution in [3.05, 3.63) is 70.8 Å². The smallest absolute Gasteiger partial charge is 0.254 e. The normalized spacial score (nSPS) is 21.2. The maximum absolute atomic E-state index is 14.2. The number of rotatable bonds is 6. The highest BCUT2D eigenvalue weighted by Crippen LogP contribution is 2.41. The summed E-state index contributed by atoms with van der Waals surface area (Å²) in [6.45, 7) is 1.50. The summed E-state index contributed by atoms with van der Waals surface area (Å²) in [5.74, 6) is 0.197. The monoisotopic (exact) mass is 615 g/mol. The molecule has 3 fully saturated rings. The Morgan fingerprint density at radius 3 is 2.57 bits per heavy atom. The number of hydrogen-bond donors (Lipinski definition) is 1. The number of fused-ring (bicyclic) bond motifs is 4. The Labute approximate surface area is 258 Å². The zero-order valence-corrected chi connectivity index (χ0v) is 25.2. The maximum atomic E-state index is 14.2. The Morgan fingerprint density at radius 2 is 1.89 bits per heavy atom. The number of carbonyl (C=O) groups excluding carboxylic acids is 1. The topological polar surface area (TPSA) is 78.3 Å². The first-order valence-electron chi connectivity index (χ1n) is 15.1. The molecule has 8 rings (SSSR count). The molecule has 0 radical (unpaired) electrons. The summed E-state index contributed by atoms with van der Waals surface area (Å²) in [7, 11) is 3.57. The number of likely N-dealkylation sites (tertiary alicyclic amines) is 1. The summed E-state index contributed by atoms with van der Waals surface area (Å²) >= 11 is 5.98. The Balaban J connectivity index is 1.24. The molecule has 7 nitrogen and oxygen atoms in total. The number of piperidine rings is 1. The molecule has 0 spiro atoms. The van der Waals surface area contributed by atoms with Crippen LogP contribution in [-0.4, -0.2) is 50.7 Å². The van der Waals surface area contributed by atoms with Gasteiger partial charge in [0.15, 0.2) is 17.5 Å². The van der Waals surface area contributed by atoms with Crippen LogP contribution in [-0.2, 0) is 13.6 Å². The van der Waals surface area contributed by atoms with Gasteiger partial charge in [-0.25, -0.2) is 13.8 Å². The lowest BCUT2D eigenvalue weighted by Crippen LogP contribution is -2.41. The van der Waals surface area contributed by atoms with E-state index >= 15 is 0 Å². The molecule has 2 aromatic heterocycles. The number of benzene rings is 3. The first kappa shape index (κ1) is 27.6. The Kier molecular flexibility index (Phi) is 6.29. The van der Waals surface area contributed by atoms with Gasteiger partial charge < -0.3 is 24.5 Å². The zero-order valence-electron chi connectivity index (χ0n) is 24.5. The molecular weight excluding hydrogens is 584 g/mol. The first-order valence-corrected chi connectivity index (χ1v) is 15.5. The van der Waals surface area contributed by atoms with Crippen LogP contribution in [0.15, 0.2) is 48.5 Å². The van der Waals surface area contributed by atoms with Crippen molar-refractivity contribution in [3.8, 4) is 28.4 Å². The van der Waals surface area contributed by atoms with E-state index in [4.69, 9.17) is 27.1 Å². The number of aryl methyl sites for hydroxylation is 1. The molecule has 2 aliphatic carbocycles. The highest BCUT2D eigenvalue weighted by molar-refractivity contribution is 6.31. The molecule has 226 valence electrons. The van der Waals surface area contributed by atoms with Gasteiger partial charge in [0.1, 0.15) is 11.3 Å². The second-order valence-corrected chi connectivity index (χ2v) is 13.0. The van der Waals surface area contributed by atoms with Crippen molar-refractivity contribution in [2.24, 2.45) is 24.6 Å². The van der Waals surface area contributed by atoms with Crippen LogP contribution < -0.4 is 10.5 Å². The molecule has 1 aliphatic heterocycles. The van der Waals surface area contributed by atoms with Crippen LogP contribution in [0.3, 0.4) is 0 Å². The predicted octanol–water partition coefficient (Wildman–Crippen LogP) is 6.77. The average Bonchev–Trinajstić information content (AvgIpc) is 3.42. The van der Waals surface area contributed by atoms with Crippen molar-refractivity contribution in [1.82, 2.24) is 19.0 Å². The van der Waals surface area contributed by atoms with E-state index in [9.17, 15) is 13.6 Å². The van der Waals surface area contributed by atoms with Gasteiger partial charge in [-0.1, -0.05) is 23.7 Å². The van der Waals surface area contributed by atoms with Gasteiger partial charge in [0.2, 0.25) is 0 Å². The van der Waals surface area contributed by atoms with Crippen LogP contribution in [0.4, 0.5) is 8.78 Å². The van der Waals surface area contributed by atoms with E-state index in [2.05, 4.69) is 10.6 Å². The van der Waals surface area contributed by atoms with Crippen LogP contribution in [0, 0.1) is 23.5 Å². The van der Waals surface area contributed by atoms with Gasteiger partial charge in [0.25, 0.3) is 5.91 Å². The highest BCUT2D eigenvalue weighted by Gasteiger charge is 2.47. The van der Waals surface area contributed by atoms with Gasteiger partial charge in [-0.2, -0.15) is 0 Å². The number of nitrogens with two attached hydrogens (primary N) is 1. The molecular formula is C34H32ClF2N5O2. The van der Waals surface area contributed by atoms with Crippen molar-refractivity contribution in [1.29, 1.82) is 0 Å². The lowest BCUT2D eigenvalue weighted by Gasteiger charge is -2.27. The van der Waals surface area contributed by atoms with E-state index in [-0.39, 0.29) is 23.0 Å². The summed E-state index contributed by atoms with van der Waals surface area (Å²) in [6.07, 6.45) is 4.33. The van der Waals surface area contributed by atoms with Gasteiger partial charge in [0.05, 0.1) is 23.3 Å². The van der Waals surface area contributed by atoms with E-state index in [1.54, 1.807) is 7.11 Å². The van der Waals surface area contributed by atoms with E-state index in [1.807, 2.05) is 46.8 Å². The minimum Gasteiger partial charge on any atom is -0.494 e. The quantitative estimate of drug-likeness (QED) is 0.214. The number of ether oxygens (including phenoxy) is 1. The van der Waals surface area contributed by atoms with Crippen LogP contribution in [0.1, 0.15) is 36.0 Å². The molecule has 1 saturated heterocycles. The van der Waals surface area contributed by atoms with Gasteiger partial charge in [-0.05, 0) is 85.0 Å². The number of amides is 1. The lowest BCUT2D eigenvalue weighted by atomic mass is 10.0. The van der Waals surface area contributed by atoms with Gasteiger partial charge in [-0.3, -0.25) is 4.79 Å². The summed E-state index contributed by atoms with van der Waals surface area (Å²) in [5.41, 5.74) is 11.6. The molecule has 3 heterocycles. The molecule has 3 atom stereocenters. The molecule has 1 amide bonds. The maximum Gasteiger partial charge on any atom is 0.254 e. The van der Waals surface area contributed by atoms with Gasteiger partial charge >= 0.3 is 0 Å². The second kappa shape index (κ2) is 10.0. The standard InChI is InChI=1S/C34H32ClF2N5O2/c1-40-32-25(11-22(14-29(32)44-2)34(43)42-16-20-7-8-26(42)31(20)38)39-33(40)28-13-19-6-5-18(12-27(19)41(28)15-17-3-4-17)21-9-23(35)30(37)24(36)10-21/h5-6,9-14,17,20,26,31H,3-4,7-8,15-16,38H2,1-2H3/t20?,26?,31-/m1/s1. The lowest BCUT2D eigenvalue weighted by molar-refractivity contribution is 0.0700. The highest BCUT2D eigenvalue weighted by atomic mass is 35.5. The van der Waals surface area contributed by atoms with Crippen LogP contribution >= 0.6 is 11.6 Å². The fourth-order valence-electron chi connectivity index (χ4n) is 7.36. The number of carbonyl (C=O) groups is 1. The van der Waals surface area contributed by atoms with Crippen LogP contribution in [0.5, 0.6) is 5.75 Å². The third-order valence-corrected chi connectivity index (χ3v) is 10.2. The van der Waals surface area contributed by atoms with Crippen LogP contribution in [0.2, 0.25) is 5.02 Å². The molecule has 3 aliphatic rings. The average molecular weight is 616 g/mol. The van der Waals surface area contributed by atoms with Crippen molar-refractivity contribution in [2.45, 2.75) is 44.3 Å². The number of aromatic nitrogens is 3. The van der Waals surface area contributed by atoms with Gasteiger partial charge in [0, 0.05) is 48.7 Å². The van der Waals surface area contributed by atoms with E-state index < -0.39 is 11.6 Å². The molecule has 10 heteroatoms. The van der Waals surface area contributed by atoms with E-state index in [0.717, 1.165) is 65.7 Å².